The Morgan fingerprint density at radius 1 is 1.31 bits per heavy atom. The van der Waals surface area contributed by atoms with Crippen LogP contribution in [-0.2, 0) is 6.54 Å². The van der Waals surface area contributed by atoms with Crippen molar-refractivity contribution < 1.29 is 0 Å². The Morgan fingerprint density at radius 2 is 2.12 bits per heavy atom. The lowest BCUT2D eigenvalue weighted by Gasteiger charge is -2.00. The molecule has 0 fully saturated rings. The molecule has 84 valence electrons. The topological polar surface area (TPSA) is 43.8 Å². The van der Waals surface area contributed by atoms with Crippen LogP contribution >= 0.6 is 0 Å². The lowest BCUT2D eigenvalue weighted by Crippen LogP contribution is -2.03. The van der Waals surface area contributed by atoms with Crippen LogP contribution in [0.3, 0.4) is 0 Å². The molecule has 3 heteroatoms. The van der Waals surface area contributed by atoms with E-state index in [1.54, 1.807) is 0 Å². The number of rotatable bonds is 3. The highest BCUT2D eigenvalue weighted by Crippen LogP contribution is 2.21. The number of benzene rings is 1. The third-order valence-electron chi connectivity index (χ3n) is 2.56. The summed E-state index contributed by atoms with van der Waals surface area (Å²) in [5.41, 5.74) is 9.22. The molecule has 16 heavy (non-hydrogen) atoms. The zero-order chi connectivity index (χ0) is 11.5. The molecule has 1 heterocycles. The van der Waals surface area contributed by atoms with Crippen molar-refractivity contribution in [2.75, 3.05) is 5.73 Å². The second-order valence-electron chi connectivity index (χ2n) is 4.05. The molecule has 2 rings (SSSR count). The Balaban J connectivity index is 2.37. The van der Waals surface area contributed by atoms with Crippen molar-refractivity contribution >= 4 is 5.82 Å². The molecule has 0 amide bonds. The zero-order valence-electron chi connectivity index (χ0n) is 9.77. The third-order valence-corrected chi connectivity index (χ3v) is 2.56. The molecule has 0 unspecified atom stereocenters. The minimum Gasteiger partial charge on any atom is -0.384 e. The number of aromatic nitrogens is 2. The van der Waals surface area contributed by atoms with Gasteiger partial charge in [-0.2, -0.15) is 5.10 Å². The summed E-state index contributed by atoms with van der Waals surface area (Å²) in [7, 11) is 0. The van der Waals surface area contributed by atoms with Crippen LogP contribution in [-0.4, -0.2) is 9.78 Å². The van der Waals surface area contributed by atoms with Crippen LogP contribution in [0.5, 0.6) is 0 Å². The van der Waals surface area contributed by atoms with Gasteiger partial charge in [0.25, 0.3) is 0 Å². The van der Waals surface area contributed by atoms with Crippen LogP contribution < -0.4 is 5.73 Å². The largest absolute Gasteiger partial charge is 0.384 e. The van der Waals surface area contributed by atoms with Crippen molar-refractivity contribution in [1.29, 1.82) is 0 Å². The van der Waals surface area contributed by atoms with Crippen LogP contribution in [0, 0.1) is 6.92 Å². The van der Waals surface area contributed by atoms with Crippen molar-refractivity contribution in [3.63, 3.8) is 0 Å². The van der Waals surface area contributed by atoms with Crippen molar-refractivity contribution in [2.24, 2.45) is 0 Å². The quantitative estimate of drug-likeness (QED) is 0.855. The Hall–Kier alpha value is -1.77. The van der Waals surface area contributed by atoms with Crippen molar-refractivity contribution in [2.45, 2.75) is 26.8 Å². The van der Waals surface area contributed by atoms with Gasteiger partial charge in [-0.05, 0) is 19.4 Å². The van der Waals surface area contributed by atoms with E-state index < -0.39 is 0 Å². The smallest absolute Gasteiger partial charge is 0.122 e. The number of aryl methyl sites for hydroxylation is 2. The molecule has 0 saturated heterocycles. The van der Waals surface area contributed by atoms with Gasteiger partial charge in [-0.3, -0.25) is 0 Å². The first kappa shape index (κ1) is 10.7. The van der Waals surface area contributed by atoms with Crippen molar-refractivity contribution in [3.8, 4) is 11.3 Å². The van der Waals surface area contributed by atoms with Crippen LogP contribution in [0.1, 0.15) is 18.9 Å². The molecule has 2 N–H and O–H groups in total. The predicted molar refractivity (Wildman–Crippen MR) is 67.1 cm³/mol. The first-order chi connectivity index (χ1) is 7.70. The molecular weight excluding hydrogens is 198 g/mol. The highest BCUT2D eigenvalue weighted by atomic mass is 15.3. The van der Waals surface area contributed by atoms with Gasteiger partial charge >= 0.3 is 0 Å². The van der Waals surface area contributed by atoms with Gasteiger partial charge in [0.15, 0.2) is 0 Å². The minimum atomic E-state index is 0.735. The maximum Gasteiger partial charge on any atom is 0.122 e. The molecule has 0 spiro atoms. The summed E-state index contributed by atoms with van der Waals surface area (Å²) in [5, 5.41) is 4.50. The van der Waals surface area contributed by atoms with Gasteiger partial charge in [-0.25, -0.2) is 4.68 Å². The number of nitrogen functional groups attached to an aromatic ring is 1. The molecule has 1 aromatic heterocycles. The Bertz CT molecular complexity index is 486. The van der Waals surface area contributed by atoms with Gasteiger partial charge in [-0.15, -0.1) is 0 Å². The molecule has 0 atom stereocenters. The van der Waals surface area contributed by atoms with E-state index in [1.165, 1.54) is 5.56 Å². The second kappa shape index (κ2) is 4.39. The van der Waals surface area contributed by atoms with E-state index in [0.717, 1.165) is 30.0 Å². The van der Waals surface area contributed by atoms with Crippen LogP contribution in [0.2, 0.25) is 0 Å². The first-order valence-electron chi connectivity index (χ1n) is 5.61. The SMILES string of the molecule is CCCn1nc(-c2cccc(C)c2)cc1N. The predicted octanol–water partition coefficient (Wildman–Crippen LogP) is 2.85. The number of nitrogens with zero attached hydrogens (tertiary/aromatic N) is 2. The maximum absolute atomic E-state index is 5.90. The average Bonchev–Trinajstić information content (AvgIpc) is 2.61. The second-order valence-corrected chi connectivity index (χ2v) is 4.05. The molecule has 0 radical (unpaired) electrons. The fourth-order valence-corrected chi connectivity index (χ4v) is 1.77. The van der Waals surface area contributed by atoms with Crippen LogP contribution in [0.15, 0.2) is 30.3 Å². The molecular formula is C13H17N3. The van der Waals surface area contributed by atoms with E-state index >= 15 is 0 Å². The summed E-state index contributed by atoms with van der Waals surface area (Å²) in [6.07, 6.45) is 1.04. The Morgan fingerprint density at radius 3 is 2.81 bits per heavy atom. The number of hydrogen-bond donors (Lipinski definition) is 1. The van der Waals surface area contributed by atoms with E-state index in [0.29, 0.717) is 0 Å². The molecule has 0 aliphatic heterocycles. The summed E-state index contributed by atoms with van der Waals surface area (Å²) in [6, 6.07) is 10.2. The summed E-state index contributed by atoms with van der Waals surface area (Å²) in [4.78, 5) is 0. The summed E-state index contributed by atoms with van der Waals surface area (Å²) in [6.45, 7) is 5.07. The first-order valence-corrected chi connectivity index (χ1v) is 5.61. The maximum atomic E-state index is 5.90. The Kier molecular flexibility index (Phi) is 2.95. The number of hydrogen-bond acceptors (Lipinski definition) is 2. The van der Waals surface area contributed by atoms with E-state index in [2.05, 4.69) is 37.1 Å². The van der Waals surface area contributed by atoms with E-state index in [-0.39, 0.29) is 0 Å². The summed E-state index contributed by atoms with van der Waals surface area (Å²) in [5.74, 6) is 0.735. The van der Waals surface area contributed by atoms with Gasteiger partial charge in [0.2, 0.25) is 0 Å². The monoisotopic (exact) mass is 215 g/mol. The summed E-state index contributed by atoms with van der Waals surface area (Å²) < 4.78 is 1.86. The van der Waals surface area contributed by atoms with Gasteiger partial charge in [-0.1, -0.05) is 30.7 Å². The lowest BCUT2D eigenvalue weighted by atomic mass is 10.1. The van der Waals surface area contributed by atoms with E-state index in [4.69, 9.17) is 5.73 Å². The van der Waals surface area contributed by atoms with Gasteiger partial charge in [0.05, 0.1) is 5.69 Å². The lowest BCUT2D eigenvalue weighted by molar-refractivity contribution is 0.613. The zero-order valence-corrected chi connectivity index (χ0v) is 9.77. The van der Waals surface area contributed by atoms with Crippen LogP contribution in [0.25, 0.3) is 11.3 Å². The fraction of sp³-hybridized carbons (Fsp3) is 0.308. The van der Waals surface area contributed by atoms with E-state index in [1.807, 2.05) is 16.8 Å². The van der Waals surface area contributed by atoms with Gasteiger partial charge in [0, 0.05) is 18.2 Å². The van der Waals surface area contributed by atoms with Crippen molar-refractivity contribution in [1.82, 2.24) is 9.78 Å². The van der Waals surface area contributed by atoms with Crippen LogP contribution in [0.4, 0.5) is 5.82 Å². The molecule has 0 saturated carbocycles. The molecule has 0 aliphatic carbocycles. The molecule has 3 nitrogen and oxygen atoms in total. The van der Waals surface area contributed by atoms with Gasteiger partial charge in [0.1, 0.15) is 5.82 Å². The molecule has 1 aromatic carbocycles. The highest BCUT2D eigenvalue weighted by molar-refractivity contribution is 5.62. The van der Waals surface area contributed by atoms with E-state index in [9.17, 15) is 0 Å². The Labute approximate surface area is 95.9 Å². The third kappa shape index (κ3) is 2.08. The minimum absolute atomic E-state index is 0.735. The average molecular weight is 215 g/mol. The molecule has 0 aliphatic rings. The summed E-state index contributed by atoms with van der Waals surface area (Å²) >= 11 is 0. The van der Waals surface area contributed by atoms with Crippen molar-refractivity contribution in [3.05, 3.63) is 35.9 Å². The molecule has 2 aromatic rings. The fourth-order valence-electron chi connectivity index (χ4n) is 1.77. The highest BCUT2D eigenvalue weighted by Gasteiger charge is 2.06. The standard InChI is InChI=1S/C13H17N3/c1-3-7-16-13(14)9-12(15-16)11-6-4-5-10(2)8-11/h4-6,8-9H,3,7,14H2,1-2H3. The van der Waals surface area contributed by atoms with Gasteiger partial charge < -0.3 is 5.73 Å². The normalized spacial score (nSPS) is 10.6. The molecule has 0 bridgehead atoms. The number of nitrogens with two attached hydrogens (primary N) is 1. The number of anilines is 1.